The average Bonchev–Trinajstić information content (AvgIpc) is 2.86. The summed E-state index contributed by atoms with van der Waals surface area (Å²) in [4.78, 5) is 12.6. The van der Waals surface area contributed by atoms with E-state index in [1.54, 1.807) is 0 Å². The summed E-state index contributed by atoms with van der Waals surface area (Å²) in [6.45, 7) is 3.93. The molecule has 0 bridgehead atoms. The van der Waals surface area contributed by atoms with E-state index in [4.69, 9.17) is 0 Å². The number of anilines is 1. The normalized spacial score (nSPS) is 10.4. The average molecular weight is 253 g/mol. The quantitative estimate of drug-likeness (QED) is 0.915. The molecule has 0 aromatic carbocycles. The van der Waals surface area contributed by atoms with Crippen LogP contribution in [-0.2, 0) is 6.42 Å². The lowest BCUT2D eigenvalue weighted by Gasteiger charge is -1.98. The zero-order chi connectivity index (χ0) is 11.5. The minimum Gasteiger partial charge on any atom is -0.296 e. The van der Waals surface area contributed by atoms with Crippen molar-refractivity contribution in [3.8, 4) is 0 Å². The fourth-order valence-corrected chi connectivity index (χ4v) is 2.70. The number of carbonyl (C=O) groups excluding carboxylic acids is 1. The summed E-state index contributed by atoms with van der Waals surface area (Å²) in [7, 11) is 0. The third-order valence-electron chi connectivity index (χ3n) is 2.06. The van der Waals surface area contributed by atoms with Gasteiger partial charge in [0.1, 0.15) is 5.01 Å². The van der Waals surface area contributed by atoms with E-state index in [0.29, 0.717) is 5.13 Å². The molecule has 2 rings (SSSR count). The highest BCUT2D eigenvalue weighted by Crippen LogP contribution is 2.20. The number of thiophene rings is 1. The van der Waals surface area contributed by atoms with Gasteiger partial charge < -0.3 is 0 Å². The Morgan fingerprint density at radius 3 is 2.88 bits per heavy atom. The minimum absolute atomic E-state index is 0.105. The molecule has 84 valence electrons. The predicted octanol–water partition coefficient (Wildman–Crippen LogP) is 2.72. The Kier molecular flexibility index (Phi) is 3.31. The van der Waals surface area contributed by atoms with Gasteiger partial charge in [-0.3, -0.25) is 10.1 Å². The summed E-state index contributed by atoms with van der Waals surface area (Å²) in [5, 5.41) is 14.0. The fourth-order valence-electron chi connectivity index (χ4n) is 1.21. The van der Waals surface area contributed by atoms with Crippen molar-refractivity contribution in [3.63, 3.8) is 0 Å². The van der Waals surface area contributed by atoms with Crippen LogP contribution in [0.15, 0.2) is 11.4 Å². The minimum atomic E-state index is -0.105. The number of rotatable bonds is 3. The van der Waals surface area contributed by atoms with E-state index < -0.39 is 0 Å². The van der Waals surface area contributed by atoms with Gasteiger partial charge in [-0.25, -0.2) is 0 Å². The third kappa shape index (κ3) is 2.28. The number of aryl methyl sites for hydroxylation is 2. The highest BCUT2D eigenvalue weighted by molar-refractivity contribution is 7.15. The van der Waals surface area contributed by atoms with Crippen LogP contribution in [0.2, 0.25) is 0 Å². The van der Waals surface area contributed by atoms with Gasteiger partial charge in [0.25, 0.3) is 5.91 Å². The first-order chi connectivity index (χ1) is 7.70. The number of nitrogens with one attached hydrogen (secondary N) is 1. The van der Waals surface area contributed by atoms with Crippen molar-refractivity contribution in [2.45, 2.75) is 20.3 Å². The maximum absolute atomic E-state index is 11.8. The molecule has 4 nitrogen and oxygen atoms in total. The molecule has 0 fully saturated rings. The molecule has 0 atom stereocenters. The molecule has 0 radical (unpaired) electrons. The molecule has 2 aromatic heterocycles. The number of amides is 1. The van der Waals surface area contributed by atoms with Gasteiger partial charge in [-0.05, 0) is 30.4 Å². The number of nitrogens with zero attached hydrogens (tertiary/aromatic N) is 2. The molecule has 1 N–H and O–H groups in total. The van der Waals surface area contributed by atoms with Crippen molar-refractivity contribution in [2.75, 3.05) is 5.32 Å². The Bertz CT molecular complexity index is 504. The van der Waals surface area contributed by atoms with Crippen molar-refractivity contribution in [2.24, 2.45) is 0 Å². The Morgan fingerprint density at radius 1 is 1.50 bits per heavy atom. The second-order valence-electron chi connectivity index (χ2n) is 3.24. The third-order valence-corrected chi connectivity index (χ3v) is 4.06. The van der Waals surface area contributed by atoms with Gasteiger partial charge in [-0.1, -0.05) is 18.3 Å². The van der Waals surface area contributed by atoms with Gasteiger partial charge in [0, 0.05) is 0 Å². The van der Waals surface area contributed by atoms with Gasteiger partial charge in [0.05, 0.1) is 4.88 Å². The van der Waals surface area contributed by atoms with Crippen LogP contribution in [-0.4, -0.2) is 16.1 Å². The zero-order valence-corrected chi connectivity index (χ0v) is 10.6. The summed E-state index contributed by atoms with van der Waals surface area (Å²) < 4.78 is 0. The number of hydrogen-bond donors (Lipinski definition) is 1. The fraction of sp³-hybridized carbons (Fsp3) is 0.300. The van der Waals surface area contributed by atoms with Gasteiger partial charge >= 0.3 is 0 Å². The second kappa shape index (κ2) is 4.71. The lowest BCUT2D eigenvalue weighted by atomic mass is 10.3. The Balaban J connectivity index is 2.11. The van der Waals surface area contributed by atoms with Crippen LogP contribution >= 0.6 is 22.7 Å². The first-order valence-electron chi connectivity index (χ1n) is 4.88. The summed E-state index contributed by atoms with van der Waals surface area (Å²) in [6.07, 6.45) is 0.839. The van der Waals surface area contributed by atoms with Crippen LogP contribution in [0.4, 0.5) is 5.13 Å². The molecular weight excluding hydrogens is 242 g/mol. The van der Waals surface area contributed by atoms with Crippen molar-refractivity contribution >= 4 is 33.7 Å². The van der Waals surface area contributed by atoms with Gasteiger partial charge in [-0.15, -0.1) is 21.5 Å². The molecule has 0 aliphatic carbocycles. The van der Waals surface area contributed by atoms with Crippen molar-refractivity contribution in [3.05, 3.63) is 26.9 Å². The second-order valence-corrected chi connectivity index (χ2v) is 5.22. The zero-order valence-electron chi connectivity index (χ0n) is 8.98. The molecule has 0 saturated heterocycles. The highest BCUT2D eigenvalue weighted by Gasteiger charge is 2.12. The molecule has 0 saturated carbocycles. The van der Waals surface area contributed by atoms with Crippen molar-refractivity contribution < 1.29 is 4.79 Å². The van der Waals surface area contributed by atoms with Crippen molar-refractivity contribution in [1.82, 2.24) is 10.2 Å². The van der Waals surface area contributed by atoms with Gasteiger partial charge in [-0.2, -0.15) is 0 Å². The predicted molar refractivity (Wildman–Crippen MR) is 66.3 cm³/mol. The molecule has 0 aliphatic heterocycles. The van der Waals surface area contributed by atoms with E-state index in [1.807, 2.05) is 25.3 Å². The van der Waals surface area contributed by atoms with Crippen LogP contribution in [0.5, 0.6) is 0 Å². The SMILES string of the molecule is CCc1nnc(NC(=O)c2sccc2C)s1. The summed E-state index contributed by atoms with van der Waals surface area (Å²) >= 11 is 2.85. The Morgan fingerprint density at radius 2 is 2.31 bits per heavy atom. The Labute approximate surface area is 101 Å². The molecule has 1 amide bonds. The van der Waals surface area contributed by atoms with Crippen LogP contribution < -0.4 is 5.32 Å². The first kappa shape index (κ1) is 11.2. The van der Waals surface area contributed by atoms with Crippen LogP contribution in [0.25, 0.3) is 0 Å². The van der Waals surface area contributed by atoms with E-state index >= 15 is 0 Å². The van der Waals surface area contributed by atoms with Crippen LogP contribution in [0.1, 0.15) is 27.2 Å². The topological polar surface area (TPSA) is 54.9 Å². The molecular formula is C10H11N3OS2. The number of hydrogen-bond acceptors (Lipinski definition) is 5. The smallest absolute Gasteiger partial charge is 0.267 e. The Hall–Kier alpha value is -1.27. The molecule has 2 heterocycles. The maximum atomic E-state index is 11.8. The van der Waals surface area contributed by atoms with E-state index in [0.717, 1.165) is 21.9 Å². The summed E-state index contributed by atoms with van der Waals surface area (Å²) in [6, 6.07) is 1.93. The van der Waals surface area contributed by atoms with E-state index in [1.165, 1.54) is 22.7 Å². The van der Waals surface area contributed by atoms with Crippen LogP contribution in [0, 0.1) is 6.92 Å². The van der Waals surface area contributed by atoms with E-state index in [9.17, 15) is 4.79 Å². The number of carbonyl (C=O) groups is 1. The van der Waals surface area contributed by atoms with Crippen molar-refractivity contribution in [1.29, 1.82) is 0 Å². The molecule has 0 unspecified atom stereocenters. The van der Waals surface area contributed by atoms with E-state index in [2.05, 4.69) is 15.5 Å². The largest absolute Gasteiger partial charge is 0.296 e. The highest BCUT2D eigenvalue weighted by atomic mass is 32.1. The molecule has 0 aliphatic rings. The lowest BCUT2D eigenvalue weighted by Crippen LogP contribution is -2.10. The molecule has 6 heteroatoms. The summed E-state index contributed by atoms with van der Waals surface area (Å²) in [5.41, 5.74) is 0.989. The lowest BCUT2D eigenvalue weighted by molar-refractivity contribution is 0.103. The molecule has 16 heavy (non-hydrogen) atoms. The molecule has 0 spiro atoms. The monoisotopic (exact) mass is 253 g/mol. The summed E-state index contributed by atoms with van der Waals surface area (Å²) in [5.74, 6) is -0.105. The van der Waals surface area contributed by atoms with Gasteiger partial charge in [0.2, 0.25) is 5.13 Å². The standard InChI is InChI=1S/C10H11N3OS2/c1-3-7-12-13-10(16-7)11-9(14)8-6(2)4-5-15-8/h4-5H,3H2,1-2H3,(H,11,13,14). The van der Waals surface area contributed by atoms with E-state index in [-0.39, 0.29) is 5.91 Å². The van der Waals surface area contributed by atoms with Gasteiger partial charge in [0.15, 0.2) is 0 Å². The maximum Gasteiger partial charge on any atom is 0.267 e. The van der Waals surface area contributed by atoms with Crippen LogP contribution in [0.3, 0.4) is 0 Å². The first-order valence-corrected chi connectivity index (χ1v) is 6.58. The molecule has 2 aromatic rings. The number of aromatic nitrogens is 2.